The van der Waals surface area contributed by atoms with Gasteiger partial charge in [-0.25, -0.2) is 0 Å². The molecule has 0 aromatic heterocycles. The highest BCUT2D eigenvalue weighted by Gasteiger charge is 2.44. The average Bonchev–Trinajstić information content (AvgIpc) is 2.86. The third kappa shape index (κ3) is 2.52. The molecule has 0 aliphatic heterocycles. The van der Waals surface area contributed by atoms with E-state index in [-0.39, 0.29) is 11.3 Å². The first-order valence-electron chi connectivity index (χ1n) is 6.89. The van der Waals surface area contributed by atoms with E-state index in [4.69, 9.17) is 10.1 Å². The third-order valence-corrected chi connectivity index (χ3v) is 4.28. The van der Waals surface area contributed by atoms with Crippen LogP contribution in [0.1, 0.15) is 42.4 Å². The summed E-state index contributed by atoms with van der Waals surface area (Å²) >= 11 is 0. The fourth-order valence-corrected chi connectivity index (χ4v) is 3.35. The van der Waals surface area contributed by atoms with E-state index in [1.807, 2.05) is 0 Å². The Bertz CT molecular complexity index is 455. The predicted molar refractivity (Wildman–Crippen MR) is 76.8 cm³/mol. The van der Waals surface area contributed by atoms with Crippen molar-refractivity contribution in [3.8, 4) is 0 Å². The smallest absolute Gasteiger partial charge is 0.210 e. The second-order valence-corrected chi connectivity index (χ2v) is 5.71. The third-order valence-electron chi connectivity index (χ3n) is 4.28. The van der Waals surface area contributed by atoms with Gasteiger partial charge in [0.05, 0.1) is 7.11 Å². The fourth-order valence-electron chi connectivity index (χ4n) is 3.35. The van der Waals surface area contributed by atoms with Gasteiger partial charge in [0.2, 0.25) is 5.90 Å². The molecule has 1 saturated carbocycles. The van der Waals surface area contributed by atoms with E-state index in [9.17, 15) is 5.11 Å². The number of hydrogen-bond donors (Lipinski definition) is 2. The van der Waals surface area contributed by atoms with Crippen molar-refractivity contribution in [1.82, 2.24) is 0 Å². The minimum atomic E-state index is -0.846. The number of nitrogens with one attached hydrogen (secondary N) is 1. The predicted octanol–water partition coefficient (Wildman–Crippen LogP) is 3.10. The zero-order chi connectivity index (χ0) is 14.0. The molecular formula is C16H23NO2. The number of methoxy groups -OCH3 is 1. The van der Waals surface area contributed by atoms with Crippen molar-refractivity contribution in [2.75, 3.05) is 7.11 Å². The molecule has 0 saturated heterocycles. The van der Waals surface area contributed by atoms with E-state index >= 15 is 0 Å². The molecule has 2 N–H and O–H groups in total. The lowest BCUT2D eigenvalue weighted by atomic mass is 9.73. The minimum Gasteiger partial charge on any atom is -0.483 e. The Morgan fingerprint density at radius 2 is 1.74 bits per heavy atom. The summed E-state index contributed by atoms with van der Waals surface area (Å²) in [4.78, 5) is 0. The molecule has 104 valence electrons. The zero-order valence-corrected chi connectivity index (χ0v) is 12.0. The molecule has 2 rings (SSSR count). The lowest BCUT2D eigenvalue weighted by Crippen LogP contribution is -2.43. The monoisotopic (exact) mass is 261 g/mol. The van der Waals surface area contributed by atoms with E-state index in [0.29, 0.717) is 0 Å². The van der Waals surface area contributed by atoms with Crippen molar-refractivity contribution >= 4 is 5.90 Å². The maximum Gasteiger partial charge on any atom is 0.210 e. The van der Waals surface area contributed by atoms with Crippen molar-refractivity contribution < 1.29 is 9.84 Å². The quantitative estimate of drug-likeness (QED) is 0.649. The highest BCUT2D eigenvalue weighted by molar-refractivity contribution is 5.79. The van der Waals surface area contributed by atoms with Crippen molar-refractivity contribution in [2.24, 2.45) is 0 Å². The molecule has 0 amide bonds. The molecule has 1 atom stereocenters. The van der Waals surface area contributed by atoms with Gasteiger partial charge in [-0.3, -0.25) is 5.41 Å². The molecule has 0 heterocycles. The highest BCUT2D eigenvalue weighted by atomic mass is 16.5. The summed E-state index contributed by atoms with van der Waals surface area (Å²) in [5, 5.41) is 18.4. The number of aryl methyl sites for hydroxylation is 2. The topological polar surface area (TPSA) is 53.3 Å². The van der Waals surface area contributed by atoms with Crippen LogP contribution in [0.4, 0.5) is 0 Å². The Labute approximate surface area is 115 Å². The molecule has 3 heteroatoms. The molecule has 0 radical (unpaired) electrons. The van der Waals surface area contributed by atoms with Gasteiger partial charge in [0.25, 0.3) is 0 Å². The molecule has 1 unspecified atom stereocenters. The maximum absolute atomic E-state index is 10.6. The van der Waals surface area contributed by atoms with Gasteiger partial charge < -0.3 is 9.84 Å². The van der Waals surface area contributed by atoms with Crippen LogP contribution in [0.15, 0.2) is 18.2 Å². The van der Waals surface area contributed by atoms with Crippen LogP contribution in [-0.4, -0.2) is 24.2 Å². The number of aliphatic hydroxyl groups is 1. The fraction of sp³-hybridized carbons (Fsp3) is 0.562. The summed E-state index contributed by atoms with van der Waals surface area (Å²) in [5.74, 6) is -0.0268. The van der Waals surface area contributed by atoms with Crippen molar-refractivity contribution in [1.29, 1.82) is 5.41 Å². The molecule has 1 aromatic carbocycles. The second-order valence-electron chi connectivity index (χ2n) is 5.71. The Kier molecular flexibility index (Phi) is 3.95. The summed E-state index contributed by atoms with van der Waals surface area (Å²) in [6.45, 7) is 4.15. The number of benzene rings is 1. The van der Waals surface area contributed by atoms with Gasteiger partial charge in [-0.2, -0.15) is 0 Å². The van der Waals surface area contributed by atoms with E-state index in [2.05, 4.69) is 32.0 Å². The van der Waals surface area contributed by atoms with E-state index in [1.165, 1.54) is 18.2 Å². The van der Waals surface area contributed by atoms with Gasteiger partial charge in [-0.1, -0.05) is 42.2 Å². The Morgan fingerprint density at radius 1 is 1.21 bits per heavy atom. The SMILES string of the molecule is COC(=N)C(O)C1(c2cc(C)cc(C)c2)CCCC1. The van der Waals surface area contributed by atoms with Crippen LogP contribution in [0.5, 0.6) is 0 Å². The molecule has 1 aromatic rings. The first-order valence-corrected chi connectivity index (χ1v) is 6.89. The molecule has 3 nitrogen and oxygen atoms in total. The molecule has 1 aliphatic carbocycles. The Morgan fingerprint density at radius 3 is 2.21 bits per heavy atom. The molecular weight excluding hydrogens is 238 g/mol. The van der Waals surface area contributed by atoms with Crippen LogP contribution in [0.2, 0.25) is 0 Å². The summed E-state index contributed by atoms with van der Waals surface area (Å²) in [7, 11) is 1.45. The van der Waals surface area contributed by atoms with Crippen LogP contribution in [0.25, 0.3) is 0 Å². The van der Waals surface area contributed by atoms with Crippen LogP contribution in [0, 0.1) is 19.3 Å². The number of rotatable bonds is 3. The molecule has 1 aliphatic rings. The number of aliphatic hydroxyl groups excluding tert-OH is 1. The van der Waals surface area contributed by atoms with Crippen LogP contribution < -0.4 is 0 Å². The minimum absolute atomic E-state index is 0.0268. The number of hydrogen-bond acceptors (Lipinski definition) is 3. The van der Waals surface area contributed by atoms with Gasteiger partial charge in [0.15, 0.2) is 0 Å². The molecule has 19 heavy (non-hydrogen) atoms. The van der Waals surface area contributed by atoms with Gasteiger partial charge in [0.1, 0.15) is 6.10 Å². The maximum atomic E-state index is 10.6. The second kappa shape index (κ2) is 5.33. The van der Waals surface area contributed by atoms with Crippen LogP contribution >= 0.6 is 0 Å². The highest BCUT2D eigenvalue weighted by Crippen LogP contribution is 2.44. The van der Waals surface area contributed by atoms with Gasteiger partial charge >= 0.3 is 0 Å². The molecule has 0 spiro atoms. The van der Waals surface area contributed by atoms with E-state index in [0.717, 1.165) is 31.2 Å². The zero-order valence-electron chi connectivity index (χ0n) is 12.0. The number of ether oxygens (including phenoxy) is 1. The van der Waals surface area contributed by atoms with E-state index in [1.54, 1.807) is 0 Å². The van der Waals surface area contributed by atoms with E-state index < -0.39 is 6.10 Å². The van der Waals surface area contributed by atoms with Gasteiger partial charge in [-0.15, -0.1) is 0 Å². The largest absolute Gasteiger partial charge is 0.483 e. The van der Waals surface area contributed by atoms with Crippen molar-refractivity contribution in [3.63, 3.8) is 0 Å². The lowest BCUT2D eigenvalue weighted by molar-refractivity contribution is 0.116. The lowest BCUT2D eigenvalue weighted by Gasteiger charge is -2.34. The summed E-state index contributed by atoms with van der Waals surface area (Å²) in [5.41, 5.74) is 3.22. The van der Waals surface area contributed by atoms with Crippen molar-refractivity contribution in [3.05, 3.63) is 34.9 Å². The van der Waals surface area contributed by atoms with Crippen molar-refractivity contribution in [2.45, 2.75) is 51.0 Å². The summed E-state index contributed by atoms with van der Waals surface area (Å²) in [6.07, 6.45) is 3.19. The Balaban J connectivity index is 2.47. The summed E-state index contributed by atoms with van der Waals surface area (Å²) < 4.78 is 4.96. The first kappa shape index (κ1) is 14.1. The first-order chi connectivity index (χ1) is 8.99. The van der Waals surface area contributed by atoms with Crippen LogP contribution in [0.3, 0.4) is 0 Å². The van der Waals surface area contributed by atoms with Gasteiger partial charge in [0, 0.05) is 5.41 Å². The molecule has 0 bridgehead atoms. The average molecular weight is 261 g/mol. The van der Waals surface area contributed by atoms with Gasteiger partial charge in [-0.05, 0) is 32.3 Å². The Hall–Kier alpha value is -1.35. The standard InChI is InChI=1S/C16H23NO2/c1-11-8-12(2)10-13(9-11)16(6-4-5-7-16)14(18)15(17)19-3/h8-10,14,17-18H,4-7H2,1-3H3. The molecule has 1 fully saturated rings. The summed E-state index contributed by atoms with van der Waals surface area (Å²) in [6, 6.07) is 6.43. The van der Waals surface area contributed by atoms with Crippen LogP contribution in [-0.2, 0) is 10.2 Å². The normalized spacial score (nSPS) is 19.2.